The summed E-state index contributed by atoms with van der Waals surface area (Å²) < 4.78 is 0. The number of aromatic carboxylic acids is 1. The Hall–Kier alpha value is -1.73. The number of carbonyl (C=O) groups is 2. The van der Waals surface area contributed by atoms with Gasteiger partial charge in [-0.1, -0.05) is 0 Å². The van der Waals surface area contributed by atoms with Crippen LogP contribution in [0.4, 0.5) is 0 Å². The van der Waals surface area contributed by atoms with Gasteiger partial charge >= 0.3 is 5.97 Å². The fourth-order valence-corrected chi connectivity index (χ4v) is 2.48. The Kier molecular flexibility index (Phi) is 3.50. The summed E-state index contributed by atoms with van der Waals surface area (Å²) in [5, 5.41) is 13.3. The minimum Gasteiger partial charge on any atom is -0.477 e. The minimum atomic E-state index is -1.02. The number of carboxylic acid groups (broad SMARTS) is 1. The maximum absolute atomic E-state index is 11.7. The van der Waals surface area contributed by atoms with E-state index in [0.717, 1.165) is 17.0 Å². The SMILES string of the molecule is O=C(O)c1ccc(C(=O)NCc2cscn2)s1. The van der Waals surface area contributed by atoms with Crippen molar-refractivity contribution < 1.29 is 14.7 Å². The summed E-state index contributed by atoms with van der Waals surface area (Å²) in [7, 11) is 0. The molecule has 0 saturated carbocycles. The number of nitrogens with zero attached hydrogens (tertiary/aromatic N) is 1. The summed E-state index contributed by atoms with van der Waals surface area (Å²) in [6.07, 6.45) is 0. The van der Waals surface area contributed by atoms with Gasteiger partial charge in [0.05, 0.1) is 22.6 Å². The van der Waals surface area contributed by atoms with Crippen molar-refractivity contribution in [2.75, 3.05) is 0 Å². The molecule has 0 atom stereocenters. The van der Waals surface area contributed by atoms with Gasteiger partial charge in [0.1, 0.15) is 4.88 Å². The van der Waals surface area contributed by atoms with Gasteiger partial charge in [0.15, 0.2) is 0 Å². The average Bonchev–Trinajstić information content (AvgIpc) is 2.96. The minimum absolute atomic E-state index is 0.156. The molecule has 1 amide bonds. The number of carboxylic acids is 1. The van der Waals surface area contributed by atoms with Gasteiger partial charge in [0.2, 0.25) is 0 Å². The van der Waals surface area contributed by atoms with E-state index in [1.807, 2.05) is 5.38 Å². The molecule has 17 heavy (non-hydrogen) atoms. The second kappa shape index (κ2) is 5.07. The van der Waals surface area contributed by atoms with Gasteiger partial charge in [-0.3, -0.25) is 4.79 Å². The van der Waals surface area contributed by atoms with E-state index in [1.54, 1.807) is 5.51 Å². The molecule has 2 aromatic rings. The maximum Gasteiger partial charge on any atom is 0.345 e. The van der Waals surface area contributed by atoms with Crippen LogP contribution >= 0.6 is 22.7 Å². The smallest absolute Gasteiger partial charge is 0.345 e. The predicted octanol–water partition coefficient (Wildman–Crippen LogP) is 1.83. The van der Waals surface area contributed by atoms with E-state index in [4.69, 9.17) is 5.11 Å². The van der Waals surface area contributed by atoms with Gasteiger partial charge in [-0.25, -0.2) is 9.78 Å². The van der Waals surface area contributed by atoms with E-state index < -0.39 is 5.97 Å². The number of nitrogens with one attached hydrogen (secondary N) is 1. The summed E-state index contributed by atoms with van der Waals surface area (Å²) in [6.45, 7) is 0.350. The van der Waals surface area contributed by atoms with Gasteiger partial charge < -0.3 is 10.4 Å². The summed E-state index contributed by atoms with van der Waals surface area (Å²) in [6, 6.07) is 2.93. The van der Waals surface area contributed by atoms with Crippen molar-refractivity contribution in [1.82, 2.24) is 10.3 Å². The molecule has 2 heterocycles. The average molecular weight is 268 g/mol. The van der Waals surface area contributed by atoms with E-state index in [-0.39, 0.29) is 10.8 Å². The normalized spacial score (nSPS) is 10.1. The Morgan fingerprint density at radius 1 is 1.35 bits per heavy atom. The number of amides is 1. The molecule has 0 unspecified atom stereocenters. The van der Waals surface area contributed by atoms with Crippen LogP contribution in [0.25, 0.3) is 0 Å². The lowest BCUT2D eigenvalue weighted by Gasteiger charge is -1.99. The van der Waals surface area contributed by atoms with Gasteiger partial charge in [-0.15, -0.1) is 22.7 Å². The first-order valence-electron chi connectivity index (χ1n) is 4.65. The molecular formula is C10H8N2O3S2. The van der Waals surface area contributed by atoms with Crippen LogP contribution in [0.5, 0.6) is 0 Å². The van der Waals surface area contributed by atoms with E-state index in [1.165, 1.54) is 23.5 Å². The second-order valence-corrected chi connectivity index (χ2v) is 4.93. The molecule has 0 spiro atoms. The number of thiophene rings is 1. The number of rotatable bonds is 4. The Balaban J connectivity index is 1.97. The van der Waals surface area contributed by atoms with Crippen LogP contribution in [-0.4, -0.2) is 22.0 Å². The largest absolute Gasteiger partial charge is 0.477 e. The molecule has 88 valence electrons. The highest BCUT2D eigenvalue weighted by molar-refractivity contribution is 7.15. The summed E-state index contributed by atoms with van der Waals surface area (Å²) in [5.74, 6) is -1.30. The lowest BCUT2D eigenvalue weighted by atomic mass is 10.4. The molecule has 0 fully saturated rings. The van der Waals surface area contributed by atoms with Gasteiger partial charge in [-0.05, 0) is 12.1 Å². The van der Waals surface area contributed by atoms with Crippen LogP contribution in [-0.2, 0) is 6.54 Å². The highest BCUT2D eigenvalue weighted by atomic mass is 32.1. The first-order valence-corrected chi connectivity index (χ1v) is 6.41. The molecular weight excluding hydrogens is 260 g/mol. The number of hydrogen-bond donors (Lipinski definition) is 2. The van der Waals surface area contributed by atoms with Crippen molar-refractivity contribution in [2.45, 2.75) is 6.54 Å². The molecule has 0 bridgehead atoms. The Labute approximate surface area is 105 Å². The van der Waals surface area contributed by atoms with E-state index in [9.17, 15) is 9.59 Å². The van der Waals surface area contributed by atoms with Crippen LogP contribution in [0.3, 0.4) is 0 Å². The molecule has 0 aromatic carbocycles. The van der Waals surface area contributed by atoms with Gasteiger partial charge in [0.25, 0.3) is 5.91 Å². The van der Waals surface area contributed by atoms with Crippen molar-refractivity contribution in [3.63, 3.8) is 0 Å². The maximum atomic E-state index is 11.7. The molecule has 0 aliphatic rings. The zero-order valence-electron chi connectivity index (χ0n) is 8.54. The molecule has 5 nitrogen and oxygen atoms in total. The number of aromatic nitrogens is 1. The second-order valence-electron chi connectivity index (χ2n) is 3.13. The summed E-state index contributed by atoms with van der Waals surface area (Å²) in [4.78, 5) is 26.9. The summed E-state index contributed by atoms with van der Waals surface area (Å²) in [5.41, 5.74) is 2.48. The first-order chi connectivity index (χ1) is 8.16. The van der Waals surface area contributed by atoms with Crippen molar-refractivity contribution in [1.29, 1.82) is 0 Å². The quantitative estimate of drug-likeness (QED) is 0.886. The van der Waals surface area contributed by atoms with Crippen LogP contribution in [0.1, 0.15) is 25.0 Å². The predicted molar refractivity (Wildman–Crippen MR) is 64.6 cm³/mol. The number of carbonyl (C=O) groups excluding carboxylic acids is 1. The van der Waals surface area contributed by atoms with Gasteiger partial charge in [-0.2, -0.15) is 0 Å². The Morgan fingerprint density at radius 2 is 2.12 bits per heavy atom. The lowest BCUT2D eigenvalue weighted by Crippen LogP contribution is -2.21. The standard InChI is InChI=1S/C10H8N2O3S2/c13-9(11-3-6-4-16-5-12-6)7-1-2-8(17-7)10(14)15/h1-2,4-5H,3H2,(H,11,13)(H,14,15). The molecule has 0 aliphatic heterocycles. The van der Waals surface area contributed by atoms with Crippen molar-refractivity contribution in [3.8, 4) is 0 Å². The van der Waals surface area contributed by atoms with Crippen molar-refractivity contribution >= 4 is 34.6 Å². The Bertz CT molecular complexity index is 534. The third-order valence-corrected chi connectivity index (χ3v) is 3.66. The van der Waals surface area contributed by atoms with Crippen LogP contribution in [0.2, 0.25) is 0 Å². The summed E-state index contributed by atoms with van der Waals surface area (Å²) >= 11 is 2.41. The van der Waals surface area contributed by atoms with E-state index >= 15 is 0 Å². The van der Waals surface area contributed by atoms with Crippen LogP contribution in [0.15, 0.2) is 23.0 Å². The fourth-order valence-electron chi connectivity index (χ4n) is 1.16. The van der Waals surface area contributed by atoms with Gasteiger partial charge in [0, 0.05) is 5.38 Å². The zero-order valence-corrected chi connectivity index (χ0v) is 10.2. The molecule has 2 aromatic heterocycles. The van der Waals surface area contributed by atoms with Crippen LogP contribution < -0.4 is 5.32 Å². The number of hydrogen-bond acceptors (Lipinski definition) is 5. The van der Waals surface area contributed by atoms with Crippen LogP contribution in [0, 0.1) is 0 Å². The molecule has 0 radical (unpaired) electrons. The molecule has 2 rings (SSSR count). The Morgan fingerprint density at radius 3 is 2.71 bits per heavy atom. The van der Waals surface area contributed by atoms with E-state index in [0.29, 0.717) is 11.4 Å². The molecule has 7 heteroatoms. The zero-order chi connectivity index (χ0) is 12.3. The van der Waals surface area contributed by atoms with E-state index in [2.05, 4.69) is 10.3 Å². The van der Waals surface area contributed by atoms with Crippen molar-refractivity contribution in [3.05, 3.63) is 38.5 Å². The fraction of sp³-hybridized carbons (Fsp3) is 0.100. The third kappa shape index (κ3) is 2.89. The highest BCUT2D eigenvalue weighted by Gasteiger charge is 2.12. The number of thiazole rings is 1. The third-order valence-electron chi connectivity index (χ3n) is 1.95. The van der Waals surface area contributed by atoms with Crippen molar-refractivity contribution in [2.24, 2.45) is 0 Å². The monoisotopic (exact) mass is 268 g/mol. The topological polar surface area (TPSA) is 79.3 Å². The molecule has 0 aliphatic carbocycles. The molecule has 0 saturated heterocycles. The lowest BCUT2D eigenvalue weighted by molar-refractivity contribution is 0.0702. The molecule has 2 N–H and O–H groups in total. The highest BCUT2D eigenvalue weighted by Crippen LogP contribution is 2.16. The first kappa shape index (κ1) is 11.7.